The van der Waals surface area contributed by atoms with Gasteiger partial charge in [-0.3, -0.25) is 0 Å². The number of fused-ring (bicyclic) bond motifs is 2. The van der Waals surface area contributed by atoms with Gasteiger partial charge in [-0.2, -0.15) is 0 Å². The maximum Gasteiger partial charge on any atom is 0.161 e. The van der Waals surface area contributed by atoms with E-state index in [0.717, 1.165) is 48.7 Å². The third kappa shape index (κ3) is 3.34. The van der Waals surface area contributed by atoms with Crippen molar-refractivity contribution in [2.45, 2.75) is 39.6 Å². The van der Waals surface area contributed by atoms with Crippen LogP contribution in [0, 0.1) is 0 Å². The molecule has 0 saturated heterocycles. The summed E-state index contributed by atoms with van der Waals surface area (Å²) in [6.07, 6.45) is 4.38. The second kappa shape index (κ2) is 7.40. The highest BCUT2D eigenvalue weighted by atomic mass is 32.2. The molecule has 0 N–H and O–H groups in total. The zero-order valence-electron chi connectivity index (χ0n) is 16.1. The second-order valence-electron chi connectivity index (χ2n) is 6.74. The van der Waals surface area contributed by atoms with E-state index in [-0.39, 0.29) is 4.08 Å². The first-order valence-corrected chi connectivity index (χ1v) is 10.6. The Hall–Kier alpha value is -1.66. The zero-order valence-corrected chi connectivity index (χ0v) is 17.7. The maximum absolute atomic E-state index is 5.51. The van der Waals surface area contributed by atoms with Crippen molar-refractivity contribution in [3.05, 3.63) is 35.4 Å². The summed E-state index contributed by atoms with van der Waals surface area (Å²) >= 11 is 3.94. The van der Waals surface area contributed by atoms with Crippen LogP contribution in [-0.4, -0.2) is 32.5 Å². The van der Waals surface area contributed by atoms with Gasteiger partial charge in [0.15, 0.2) is 23.0 Å². The molecular weight excluding hydrogens is 380 g/mol. The van der Waals surface area contributed by atoms with E-state index < -0.39 is 0 Å². The third-order valence-corrected chi connectivity index (χ3v) is 8.54. The van der Waals surface area contributed by atoms with Gasteiger partial charge in [0.25, 0.3) is 0 Å². The van der Waals surface area contributed by atoms with Crippen LogP contribution in [-0.2, 0) is 12.8 Å². The standard InChI is InChI=1S/C21H24O4S2/c1-22-15-9-13-5-7-21(26-19(13)11-17(15)24-3)8-6-14-10-16(23-2)18(25-4)12-20(14)27-21/h9-12H,5-8H2,1-4H3. The molecule has 0 aromatic heterocycles. The van der Waals surface area contributed by atoms with Crippen molar-refractivity contribution in [1.29, 1.82) is 0 Å². The summed E-state index contributed by atoms with van der Waals surface area (Å²) in [5.41, 5.74) is 2.70. The Labute approximate surface area is 168 Å². The number of methoxy groups -OCH3 is 4. The van der Waals surface area contributed by atoms with Crippen molar-refractivity contribution in [1.82, 2.24) is 0 Å². The van der Waals surface area contributed by atoms with Crippen molar-refractivity contribution < 1.29 is 18.9 Å². The maximum atomic E-state index is 5.51. The SMILES string of the molecule is COc1cc2c(cc1OC)SC1(CC2)CCc2cc(OC)c(OC)cc2S1. The fourth-order valence-corrected chi connectivity index (χ4v) is 7.03. The fraction of sp³-hybridized carbons (Fsp3) is 0.429. The predicted octanol–water partition coefficient (Wildman–Crippen LogP) is 5.19. The molecule has 6 heteroatoms. The zero-order chi connectivity index (χ0) is 19.0. The summed E-state index contributed by atoms with van der Waals surface area (Å²) in [5.74, 6) is 3.22. The van der Waals surface area contributed by atoms with E-state index in [1.54, 1.807) is 28.4 Å². The molecule has 0 radical (unpaired) electrons. The van der Waals surface area contributed by atoms with Gasteiger partial charge in [0.05, 0.1) is 32.5 Å². The van der Waals surface area contributed by atoms with Gasteiger partial charge in [-0.05, 0) is 61.1 Å². The first-order valence-electron chi connectivity index (χ1n) is 8.99. The van der Waals surface area contributed by atoms with Crippen LogP contribution in [0.1, 0.15) is 24.0 Å². The van der Waals surface area contributed by atoms with Crippen LogP contribution < -0.4 is 18.9 Å². The second-order valence-corrected chi connectivity index (χ2v) is 9.85. The molecule has 144 valence electrons. The number of aryl methyl sites for hydroxylation is 2. The van der Waals surface area contributed by atoms with Crippen LogP contribution in [0.5, 0.6) is 23.0 Å². The van der Waals surface area contributed by atoms with Crippen LogP contribution in [0.15, 0.2) is 34.1 Å². The van der Waals surface area contributed by atoms with Crippen LogP contribution in [0.3, 0.4) is 0 Å². The normalized spacial score (nSPS) is 17.0. The van der Waals surface area contributed by atoms with Gasteiger partial charge in [-0.15, -0.1) is 23.5 Å². The van der Waals surface area contributed by atoms with E-state index in [2.05, 4.69) is 24.3 Å². The predicted molar refractivity (Wildman–Crippen MR) is 110 cm³/mol. The molecule has 0 atom stereocenters. The van der Waals surface area contributed by atoms with E-state index in [0.29, 0.717) is 0 Å². The highest BCUT2D eigenvalue weighted by Crippen LogP contribution is 2.59. The molecule has 0 aliphatic carbocycles. The molecule has 0 unspecified atom stereocenters. The van der Waals surface area contributed by atoms with Gasteiger partial charge in [0.1, 0.15) is 0 Å². The Morgan fingerprint density at radius 1 is 0.630 bits per heavy atom. The smallest absolute Gasteiger partial charge is 0.161 e. The Bertz CT molecular complexity index is 794. The highest BCUT2D eigenvalue weighted by Gasteiger charge is 2.40. The minimum absolute atomic E-state index is 0.152. The summed E-state index contributed by atoms with van der Waals surface area (Å²) in [6.45, 7) is 0. The Balaban J connectivity index is 1.65. The van der Waals surface area contributed by atoms with Gasteiger partial charge in [0.2, 0.25) is 0 Å². The van der Waals surface area contributed by atoms with Gasteiger partial charge in [-0.25, -0.2) is 0 Å². The lowest BCUT2D eigenvalue weighted by atomic mass is 10.0. The molecule has 4 nitrogen and oxygen atoms in total. The molecule has 2 aliphatic rings. The average molecular weight is 405 g/mol. The molecule has 2 heterocycles. The number of ether oxygens (including phenoxy) is 4. The average Bonchev–Trinajstić information content (AvgIpc) is 2.71. The van der Waals surface area contributed by atoms with Crippen molar-refractivity contribution in [3.63, 3.8) is 0 Å². The minimum atomic E-state index is 0.152. The molecule has 0 bridgehead atoms. The molecule has 0 amide bonds. The summed E-state index contributed by atoms with van der Waals surface area (Å²) in [5, 5.41) is 0. The van der Waals surface area contributed by atoms with Crippen molar-refractivity contribution in [2.24, 2.45) is 0 Å². The number of benzene rings is 2. The lowest BCUT2D eigenvalue weighted by Gasteiger charge is -2.40. The van der Waals surface area contributed by atoms with Gasteiger partial charge >= 0.3 is 0 Å². The Morgan fingerprint density at radius 3 is 1.37 bits per heavy atom. The first kappa shape index (κ1) is 18.7. The Kier molecular flexibility index (Phi) is 5.12. The molecule has 4 rings (SSSR count). The van der Waals surface area contributed by atoms with Crippen molar-refractivity contribution in [3.8, 4) is 23.0 Å². The molecule has 27 heavy (non-hydrogen) atoms. The van der Waals surface area contributed by atoms with Gasteiger partial charge in [0, 0.05) is 9.79 Å². The number of thioether (sulfide) groups is 2. The largest absolute Gasteiger partial charge is 0.493 e. The lowest BCUT2D eigenvalue weighted by molar-refractivity contribution is 0.352. The summed E-state index contributed by atoms with van der Waals surface area (Å²) in [4.78, 5) is 2.60. The van der Waals surface area contributed by atoms with E-state index in [9.17, 15) is 0 Å². The molecule has 2 aromatic carbocycles. The van der Waals surface area contributed by atoms with Crippen molar-refractivity contribution >= 4 is 23.5 Å². The summed E-state index contributed by atoms with van der Waals surface area (Å²) < 4.78 is 22.1. The quantitative estimate of drug-likeness (QED) is 0.698. The van der Waals surface area contributed by atoms with Crippen LogP contribution in [0.4, 0.5) is 0 Å². The van der Waals surface area contributed by atoms with E-state index in [1.807, 2.05) is 23.5 Å². The number of hydrogen-bond acceptors (Lipinski definition) is 6. The first-order chi connectivity index (χ1) is 13.1. The topological polar surface area (TPSA) is 36.9 Å². The minimum Gasteiger partial charge on any atom is -0.493 e. The Morgan fingerprint density at radius 2 is 1.00 bits per heavy atom. The molecule has 0 fully saturated rings. The van der Waals surface area contributed by atoms with E-state index in [4.69, 9.17) is 18.9 Å². The molecule has 0 saturated carbocycles. The summed E-state index contributed by atoms with van der Waals surface area (Å²) in [7, 11) is 6.77. The fourth-order valence-electron chi connectivity index (χ4n) is 3.79. The lowest BCUT2D eigenvalue weighted by Crippen LogP contribution is -2.28. The van der Waals surface area contributed by atoms with Crippen LogP contribution in [0.25, 0.3) is 0 Å². The highest BCUT2D eigenvalue weighted by molar-refractivity contribution is 8.18. The summed E-state index contributed by atoms with van der Waals surface area (Å²) in [6, 6.07) is 8.52. The van der Waals surface area contributed by atoms with E-state index in [1.165, 1.54) is 20.9 Å². The van der Waals surface area contributed by atoms with Crippen molar-refractivity contribution in [2.75, 3.05) is 28.4 Å². The molecule has 1 spiro atoms. The number of hydrogen-bond donors (Lipinski definition) is 0. The number of rotatable bonds is 4. The van der Waals surface area contributed by atoms with E-state index >= 15 is 0 Å². The van der Waals surface area contributed by atoms with Gasteiger partial charge in [-0.1, -0.05) is 0 Å². The van der Waals surface area contributed by atoms with Crippen LogP contribution in [0.2, 0.25) is 0 Å². The third-order valence-electron chi connectivity index (χ3n) is 5.28. The monoisotopic (exact) mass is 404 g/mol. The van der Waals surface area contributed by atoms with Gasteiger partial charge < -0.3 is 18.9 Å². The molecule has 2 aliphatic heterocycles. The van der Waals surface area contributed by atoms with Crippen LogP contribution >= 0.6 is 23.5 Å². The molecule has 2 aromatic rings. The molecular formula is C21H24O4S2.